The molecule has 2 aromatic rings. The molecule has 118 valence electrons. The Morgan fingerprint density at radius 3 is 2.86 bits per heavy atom. The molecule has 4 N–H and O–H groups in total. The summed E-state index contributed by atoms with van der Waals surface area (Å²) >= 11 is 0. The summed E-state index contributed by atoms with van der Waals surface area (Å²) in [6.45, 7) is -0.981. The van der Waals surface area contributed by atoms with E-state index in [-0.39, 0.29) is 12.4 Å². The van der Waals surface area contributed by atoms with Gasteiger partial charge in [0.2, 0.25) is 0 Å². The second-order valence-corrected chi connectivity index (χ2v) is 5.10. The summed E-state index contributed by atoms with van der Waals surface area (Å²) in [5.41, 5.74) is 7.41. The first-order chi connectivity index (χ1) is 10.7. The van der Waals surface area contributed by atoms with Crippen LogP contribution in [0.1, 0.15) is 11.8 Å². The van der Waals surface area contributed by atoms with Crippen LogP contribution < -0.4 is 5.73 Å². The van der Waals surface area contributed by atoms with Gasteiger partial charge in [0, 0.05) is 7.11 Å². The molecular weight excluding hydrogens is 294 g/mol. The lowest BCUT2D eigenvalue weighted by Crippen LogP contribution is -2.30. The van der Waals surface area contributed by atoms with Gasteiger partial charge in [-0.15, -0.1) is 0 Å². The van der Waals surface area contributed by atoms with Crippen LogP contribution in [0.15, 0.2) is 6.33 Å². The van der Waals surface area contributed by atoms with Crippen LogP contribution in [-0.2, 0) is 18.9 Å². The van der Waals surface area contributed by atoms with Crippen molar-refractivity contribution in [3.05, 3.63) is 12.0 Å². The van der Waals surface area contributed by atoms with E-state index in [0.717, 1.165) is 0 Å². The molecule has 4 rings (SSSR count). The Morgan fingerprint density at radius 2 is 2.09 bits per heavy atom. The van der Waals surface area contributed by atoms with Crippen molar-refractivity contribution in [1.82, 2.24) is 20.2 Å². The molecule has 0 radical (unpaired) electrons. The van der Waals surface area contributed by atoms with Gasteiger partial charge in [0.1, 0.15) is 36.3 Å². The summed E-state index contributed by atoms with van der Waals surface area (Å²) in [6, 6.07) is 0. The molecule has 2 aliphatic rings. The number of hydrogen-bond acceptors (Lipinski definition) is 9. The summed E-state index contributed by atoms with van der Waals surface area (Å²) in [7, 11) is 1.48. The highest BCUT2D eigenvalue weighted by Crippen LogP contribution is 2.42. The number of nitrogens with zero attached hydrogens (tertiary/aromatic N) is 3. The predicted octanol–water partition coefficient (Wildman–Crippen LogP) is -0.919. The predicted molar refractivity (Wildman–Crippen MR) is 71.3 cm³/mol. The van der Waals surface area contributed by atoms with E-state index >= 15 is 0 Å². The van der Waals surface area contributed by atoms with Gasteiger partial charge in [-0.3, -0.25) is 5.10 Å². The number of methoxy groups -OCH3 is 1. The molecule has 2 aromatic heterocycles. The number of aromatic nitrogens is 4. The van der Waals surface area contributed by atoms with Crippen LogP contribution in [0.3, 0.4) is 0 Å². The zero-order chi connectivity index (χ0) is 15.3. The lowest BCUT2D eigenvalue weighted by atomic mass is 10.1. The average Bonchev–Trinajstić information content (AvgIpc) is 3.19. The molecule has 5 atom stereocenters. The topological polar surface area (TPSA) is 138 Å². The number of aliphatic hydroxyl groups excluding tert-OH is 1. The smallest absolute Gasteiger partial charge is 0.272 e. The third-order valence-corrected chi connectivity index (χ3v) is 3.90. The number of ether oxygens (including phenoxy) is 4. The molecule has 2 fully saturated rings. The maximum atomic E-state index is 9.47. The second kappa shape index (κ2) is 5.11. The fourth-order valence-electron chi connectivity index (χ4n) is 2.89. The van der Waals surface area contributed by atoms with Gasteiger partial charge < -0.3 is 29.8 Å². The molecule has 0 spiro atoms. The van der Waals surface area contributed by atoms with E-state index in [0.29, 0.717) is 16.7 Å². The van der Waals surface area contributed by atoms with Crippen LogP contribution in [0, 0.1) is 0 Å². The summed E-state index contributed by atoms with van der Waals surface area (Å²) < 4.78 is 22.2. The number of fused-ring (bicyclic) bond motifs is 2. The minimum atomic E-state index is -0.788. The molecule has 0 aliphatic carbocycles. The lowest BCUT2D eigenvalue weighted by molar-refractivity contribution is -0.252. The Balaban J connectivity index is 1.73. The van der Waals surface area contributed by atoms with Gasteiger partial charge in [0.05, 0.1) is 12.3 Å². The lowest BCUT2D eigenvalue weighted by Gasteiger charge is -2.17. The number of nitrogens with two attached hydrogens (primary N) is 1. The first-order valence-electron chi connectivity index (χ1n) is 6.77. The molecule has 0 saturated carbocycles. The highest BCUT2D eigenvalue weighted by Gasteiger charge is 2.54. The number of H-pyrrole nitrogens is 1. The van der Waals surface area contributed by atoms with Gasteiger partial charge >= 0.3 is 0 Å². The molecule has 0 bridgehead atoms. The Labute approximate surface area is 124 Å². The summed E-state index contributed by atoms with van der Waals surface area (Å²) in [6.07, 6.45) is -0.565. The van der Waals surface area contributed by atoms with Crippen molar-refractivity contribution in [1.29, 1.82) is 0 Å². The Bertz CT molecular complexity index is 694. The molecule has 22 heavy (non-hydrogen) atoms. The fourth-order valence-corrected chi connectivity index (χ4v) is 2.89. The molecule has 10 heteroatoms. The second-order valence-electron chi connectivity index (χ2n) is 5.10. The van der Waals surface area contributed by atoms with Crippen molar-refractivity contribution < 1.29 is 24.1 Å². The standard InChI is InChI=1S/C12H15N5O5/c1-19-12-21-8-4(2-18)20-9(10(8)22-12)6-5-7(17-16-6)11(13)15-3-14-5/h3-4,8-10,12,18H,2H2,1H3,(H,16,17)(H2,13,14,15)/t4-,8-,9+,10-,12?/m1/s1. The van der Waals surface area contributed by atoms with Crippen molar-refractivity contribution in [2.75, 3.05) is 19.5 Å². The van der Waals surface area contributed by atoms with Crippen LogP contribution in [0.25, 0.3) is 11.0 Å². The number of rotatable bonds is 3. The molecule has 4 heterocycles. The van der Waals surface area contributed by atoms with E-state index in [1.165, 1.54) is 13.4 Å². The number of aromatic amines is 1. The molecule has 10 nitrogen and oxygen atoms in total. The van der Waals surface area contributed by atoms with Crippen molar-refractivity contribution in [3.63, 3.8) is 0 Å². The van der Waals surface area contributed by atoms with E-state index in [2.05, 4.69) is 20.2 Å². The highest BCUT2D eigenvalue weighted by atomic mass is 16.9. The van der Waals surface area contributed by atoms with E-state index < -0.39 is 30.9 Å². The molecular formula is C12H15N5O5. The van der Waals surface area contributed by atoms with Crippen LogP contribution >= 0.6 is 0 Å². The Hall–Kier alpha value is -1.85. The third kappa shape index (κ3) is 1.89. The quantitative estimate of drug-likeness (QED) is 0.657. The van der Waals surface area contributed by atoms with Crippen molar-refractivity contribution in [2.24, 2.45) is 0 Å². The third-order valence-electron chi connectivity index (χ3n) is 3.90. The van der Waals surface area contributed by atoms with Crippen LogP contribution in [-0.4, -0.2) is 63.8 Å². The molecule has 2 saturated heterocycles. The monoisotopic (exact) mass is 309 g/mol. The van der Waals surface area contributed by atoms with Crippen molar-refractivity contribution >= 4 is 16.9 Å². The van der Waals surface area contributed by atoms with E-state index in [1.54, 1.807) is 0 Å². The number of aliphatic hydroxyl groups is 1. The van der Waals surface area contributed by atoms with Crippen LogP contribution in [0.4, 0.5) is 5.82 Å². The largest absolute Gasteiger partial charge is 0.394 e. The van der Waals surface area contributed by atoms with Gasteiger partial charge in [-0.25, -0.2) is 9.97 Å². The van der Waals surface area contributed by atoms with E-state index in [1.807, 2.05) is 0 Å². The maximum absolute atomic E-state index is 9.47. The first kappa shape index (κ1) is 13.8. The number of hydrogen-bond donors (Lipinski definition) is 3. The normalized spacial score (nSPS) is 34.4. The van der Waals surface area contributed by atoms with E-state index in [4.69, 9.17) is 24.7 Å². The number of nitrogen functional groups attached to an aromatic ring is 1. The summed E-state index contributed by atoms with van der Waals surface area (Å²) in [5, 5.41) is 16.5. The summed E-state index contributed by atoms with van der Waals surface area (Å²) in [5.74, 6) is 0.277. The molecule has 0 aromatic carbocycles. The highest BCUT2D eigenvalue weighted by molar-refractivity contribution is 5.85. The fraction of sp³-hybridized carbons (Fsp3) is 0.583. The Morgan fingerprint density at radius 1 is 1.27 bits per heavy atom. The Kier molecular flexibility index (Phi) is 3.20. The minimum absolute atomic E-state index is 0.194. The van der Waals surface area contributed by atoms with Gasteiger partial charge in [-0.05, 0) is 0 Å². The maximum Gasteiger partial charge on any atom is 0.272 e. The summed E-state index contributed by atoms with van der Waals surface area (Å²) in [4.78, 5) is 8.09. The zero-order valence-corrected chi connectivity index (χ0v) is 11.7. The molecule has 1 unspecified atom stereocenters. The van der Waals surface area contributed by atoms with Gasteiger partial charge in [-0.2, -0.15) is 5.10 Å². The molecule has 2 aliphatic heterocycles. The van der Waals surface area contributed by atoms with Crippen molar-refractivity contribution in [2.45, 2.75) is 30.9 Å². The van der Waals surface area contributed by atoms with Gasteiger partial charge in [0.25, 0.3) is 6.48 Å². The number of nitrogens with one attached hydrogen (secondary N) is 1. The van der Waals surface area contributed by atoms with Crippen LogP contribution in [0.2, 0.25) is 0 Å². The number of anilines is 1. The zero-order valence-electron chi connectivity index (χ0n) is 11.7. The minimum Gasteiger partial charge on any atom is -0.394 e. The van der Waals surface area contributed by atoms with Crippen LogP contribution in [0.5, 0.6) is 0 Å². The van der Waals surface area contributed by atoms with Gasteiger partial charge in [0.15, 0.2) is 11.3 Å². The molecule has 0 amide bonds. The average molecular weight is 309 g/mol. The van der Waals surface area contributed by atoms with Gasteiger partial charge in [-0.1, -0.05) is 0 Å². The van der Waals surface area contributed by atoms with E-state index in [9.17, 15) is 5.11 Å². The van der Waals surface area contributed by atoms with Crippen molar-refractivity contribution in [3.8, 4) is 0 Å². The first-order valence-corrected chi connectivity index (χ1v) is 6.77. The SMILES string of the molecule is COC1O[C@@H]2[C@H](O1)[C@@H](CO)O[C@H]2c1[nH]nc2c(N)ncnc12.